The molecule has 0 atom stereocenters. The Morgan fingerprint density at radius 1 is 1.47 bits per heavy atom. The van der Waals surface area contributed by atoms with E-state index in [1.165, 1.54) is 0 Å². The highest BCUT2D eigenvalue weighted by atomic mass is 35.5. The Balaban J connectivity index is 2.10. The summed E-state index contributed by atoms with van der Waals surface area (Å²) in [5, 5.41) is 1.67. The maximum absolute atomic E-state index is 12.1. The number of carbonyl (C=O) groups excluding carboxylic acids is 1. The van der Waals surface area contributed by atoms with Crippen LogP contribution < -0.4 is 4.90 Å². The van der Waals surface area contributed by atoms with Gasteiger partial charge in [-0.15, -0.1) is 0 Å². The summed E-state index contributed by atoms with van der Waals surface area (Å²) in [7, 11) is 0. The molecule has 0 saturated heterocycles. The molecule has 0 bridgehead atoms. The van der Waals surface area contributed by atoms with Crippen molar-refractivity contribution in [3.63, 3.8) is 0 Å². The zero-order chi connectivity index (χ0) is 13.4. The van der Waals surface area contributed by atoms with Crippen LogP contribution in [0.1, 0.15) is 25.3 Å². The topological polar surface area (TPSA) is 33.2 Å². The Morgan fingerprint density at radius 3 is 3.11 bits per heavy atom. The van der Waals surface area contributed by atoms with Crippen LogP contribution in [0.3, 0.4) is 0 Å². The molecule has 3 rings (SSSR count). The van der Waals surface area contributed by atoms with E-state index in [0.29, 0.717) is 11.4 Å². The maximum Gasteiger partial charge on any atom is 0.228 e. The zero-order valence-electron chi connectivity index (χ0n) is 10.8. The summed E-state index contributed by atoms with van der Waals surface area (Å²) < 4.78 is 0. The number of anilines is 1. The molecule has 4 heteroatoms. The second-order valence-corrected chi connectivity index (χ2v) is 5.24. The molecule has 0 aliphatic carbocycles. The molecule has 0 fully saturated rings. The fourth-order valence-corrected chi connectivity index (χ4v) is 2.77. The Hall–Kier alpha value is -1.61. The number of hydrogen-bond acceptors (Lipinski definition) is 2. The highest BCUT2D eigenvalue weighted by molar-refractivity contribution is 6.35. The average molecular weight is 275 g/mol. The van der Waals surface area contributed by atoms with Crippen LogP contribution in [0, 0.1) is 0 Å². The summed E-state index contributed by atoms with van der Waals surface area (Å²) in [5.74, 6) is 0.944. The summed E-state index contributed by atoms with van der Waals surface area (Å²) in [6, 6.07) is 7.86. The zero-order valence-corrected chi connectivity index (χ0v) is 11.6. The summed E-state index contributed by atoms with van der Waals surface area (Å²) in [5.41, 5.74) is 1.92. The number of rotatable bonds is 2. The largest absolute Gasteiger partial charge is 0.296 e. The third kappa shape index (κ3) is 2.08. The van der Waals surface area contributed by atoms with E-state index in [2.05, 4.69) is 11.1 Å². The molecule has 1 aliphatic rings. The Kier molecular flexibility index (Phi) is 3.15. The van der Waals surface area contributed by atoms with Crippen molar-refractivity contribution in [1.82, 2.24) is 4.98 Å². The Bertz CT molecular complexity index is 654. The van der Waals surface area contributed by atoms with E-state index in [4.69, 9.17) is 11.6 Å². The van der Waals surface area contributed by atoms with Gasteiger partial charge < -0.3 is 0 Å². The molecular weight excluding hydrogens is 260 g/mol. The van der Waals surface area contributed by atoms with Gasteiger partial charge in [0.15, 0.2) is 0 Å². The highest BCUT2D eigenvalue weighted by Gasteiger charge is 2.26. The van der Waals surface area contributed by atoms with Gasteiger partial charge in [0.1, 0.15) is 5.82 Å². The number of amides is 1. The molecule has 0 saturated carbocycles. The van der Waals surface area contributed by atoms with Gasteiger partial charge >= 0.3 is 0 Å². The summed E-state index contributed by atoms with van der Waals surface area (Å²) in [4.78, 5) is 18.5. The molecule has 1 aromatic carbocycles. The van der Waals surface area contributed by atoms with Crippen molar-refractivity contribution in [1.29, 1.82) is 0 Å². The fraction of sp³-hybridized carbons (Fsp3) is 0.333. The first-order chi connectivity index (χ1) is 9.20. The lowest BCUT2D eigenvalue weighted by molar-refractivity contribution is -0.118. The maximum atomic E-state index is 12.1. The average Bonchev–Trinajstić information content (AvgIpc) is 2.80. The van der Waals surface area contributed by atoms with Gasteiger partial charge in [0.05, 0.1) is 10.5 Å². The van der Waals surface area contributed by atoms with Crippen molar-refractivity contribution in [3.8, 4) is 0 Å². The van der Waals surface area contributed by atoms with Crippen LogP contribution in [0.5, 0.6) is 0 Å². The molecule has 0 unspecified atom stereocenters. The lowest BCUT2D eigenvalue weighted by Gasteiger charge is -2.16. The first kappa shape index (κ1) is 12.4. The van der Waals surface area contributed by atoms with Gasteiger partial charge in [-0.2, -0.15) is 0 Å². The highest BCUT2D eigenvalue weighted by Crippen LogP contribution is 2.32. The predicted octanol–water partition coefficient (Wildman–Crippen LogP) is 3.58. The molecule has 0 spiro atoms. The molecule has 1 amide bonds. The number of hydrogen-bond donors (Lipinski definition) is 0. The van der Waals surface area contributed by atoms with E-state index >= 15 is 0 Å². The molecule has 1 aromatic heterocycles. The molecule has 0 N–H and O–H groups in total. The quantitative estimate of drug-likeness (QED) is 0.839. The third-order valence-corrected chi connectivity index (χ3v) is 3.78. The fourth-order valence-electron chi connectivity index (χ4n) is 2.54. The number of halogens is 1. The van der Waals surface area contributed by atoms with Crippen molar-refractivity contribution in [3.05, 3.63) is 34.9 Å². The van der Waals surface area contributed by atoms with Crippen LogP contribution in [0.15, 0.2) is 24.3 Å². The first-order valence-corrected chi connectivity index (χ1v) is 6.97. The van der Waals surface area contributed by atoms with E-state index in [9.17, 15) is 4.79 Å². The summed E-state index contributed by atoms with van der Waals surface area (Å²) >= 11 is 6.18. The van der Waals surface area contributed by atoms with Crippen LogP contribution in [0.2, 0.25) is 5.02 Å². The van der Waals surface area contributed by atoms with E-state index in [1.54, 1.807) is 4.90 Å². The number of nitrogens with zero attached hydrogens (tertiary/aromatic N) is 2. The lowest BCUT2D eigenvalue weighted by Crippen LogP contribution is -2.29. The number of pyridine rings is 1. The molecular formula is C15H15ClN2O. The molecule has 2 heterocycles. The van der Waals surface area contributed by atoms with E-state index < -0.39 is 0 Å². The van der Waals surface area contributed by atoms with Gasteiger partial charge in [0.2, 0.25) is 5.91 Å². The van der Waals surface area contributed by atoms with Gasteiger partial charge in [0, 0.05) is 18.4 Å². The molecule has 1 aliphatic heterocycles. The molecule has 0 radical (unpaired) electrons. The van der Waals surface area contributed by atoms with Gasteiger partial charge in [-0.05, 0) is 30.5 Å². The first-order valence-electron chi connectivity index (χ1n) is 6.59. The number of carbonyl (C=O) groups is 1. The Labute approximate surface area is 117 Å². The SMILES string of the molecule is CCCC(=O)N1CCc2cc3cccc(Cl)c3nc21. The smallest absolute Gasteiger partial charge is 0.228 e. The molecule has 98 valence electrons. The molecule has 19 heavy (non-hydrogen) atoms. The second kappa shape index (κ2) is 4.82. The number of para-hydroxylation sites is 1. The lowest BCUT2D eigenvalue weighted by atomic mass is 10.1. The third-order valence-electron chi connectivity index (χ3n) is 3.48. The van der Waals surface area contributed by atoms with Crippen molar-refractivity contribution in [2.75, 3.05) is 11.4 Å². The number of benzene rings is 1. The minimum absolute atomic E-state index is 0.153. The van der Waals surface area contributed by atoms with Crippen LogP contribution >= 0.6 is 11.6 Å². The van der Waals surface area contributed by atoms with Gasteiger partial charge in [0.25, 0.3) is 0 Å². The van der Waals surface area contributed by atoms with Crippen molar-refractivity contribution in [2.24, 2.45) is 0 Å². The van der Waals surface area contributed by atoms with Gasteiger partial charge in [-0.1, -0.05) is 30.7 Å². The van der Waals surface area contributed by atoms with Crippen LogP contribution in [0.25, 0.3) is 10.9 Å². The second-order valence-electron chi connectivity index (χ2n) is 4.83. The van der Waals surface area contributed by atoms with Crippen molar-refractivity contribution in [2.45, 2.75) is 26.2 Å². The number of fused-ring (bicyclic) bond motifs is 2. The van der Waals surface area contributed by atoms with Crippen molar-refractivity contribution >= 4 is 34.2 Å². The molecule has 2 aromatic rings. The van der Waals surface area contributed by atoms with Crippen molar-refractivity contribution < 1.29 is 4.79 Å². The van der Waals surface area contributed by atoms with E-state index in [-0.39, 0.29) is 5.91 Å². The van der Waals surface area contributed by atoms with Crippen LogP contribution in [-0.4, -0.2) is 17.4 Å². The van der Waals surface area contributed by atoms with Gasteiger partial charge in [-0.3, -0.25) is 9.69 Å². The minimum atomic E-state index is 0.153. The van der Waals surface area contributed by atoms with E-state index in [0.717, 1.165) is 41.7 Å². The summed E-state index contributed by atoms with van der Waals surface area (Å²) in [6.07, 6.45) is 2.31. The van der Waals surface area contributed by atoms with Crippen LogP contribution in [-0.2, 0) is 11.2 Å². The van der Waals surface area contributed by atoms with E-state index in [1.807, 2.05) is 25.1 Å². The van der Waals surface area contributed by atoms with Crippen LogP contribution in [0.4, 0.5) is 5.82 Å². The molecule has 3 nitrogen and oxygen atoms in total. The summed E-state index contributed by atoms with van der Waals surface area (Å²) in [6.45, 7) is 2.74. The van der Waals surface area contributed by atoms with Gasteiger partial charge in [-0.25, -0.2) is 4.98 Å². The normalized spacial score (nSPS) is 13.9. The standard InChI is InChI=1S/C15H15ClN2O/c1-2-4-13(19)18-8-7-11-9-10-5-3-6-12(16)14(10)17-15(11)18/h3,5-6,9H,2,4,7-8H2,1H3. The number of aromatic nitrogens is 1. The monoisotopic (exact) mass is 274 g/mol. The predicted molar refractivity (Wildman–Crippen MR) is 77.7 cm³/mol. The Morgan fingerprint density at radius 2 is 2.32 bits per heavy atom. The minimum Gasteiger partial charge on any atom is -0.296 e.